The van der Waals surface area contributed by atoms with E-state index in [0.29, 0.717) is 22.1 Å². The number of piperidine rings is 1. The molecule has 0 saturated carbocycles. The fraction of sp³-hybridized carbons (Fsp3) is 0.571. The summed E-state index contributed by atoms with van der Waals surface area (Å²) in [5.41, 5.74) is -0.00357. The minimum Gasteiger partial charge on any atom is -0.363 e. The molecular formula is C14H15ClF2N4OS. The van der Waals surface area contributed by atoms with E-state index in [9.17, 15) is 8.78 Å². The van der Waals surface area contributed by atoms with Crippen molar-refractivity contribution in [3.63, 3.8) is 0 Å². The van der Waals surface area contributed by atoms with Crippen molar-refractivity contribution in [3.05, 3.63) is 32.7 Å². The molecule has 23 heavy (non-hydrogen) atoms. The molecule has 0 radical (unpaired) electrons. The maximum atomic E-state index is 14.2. The monoisotopic (exact) mass is 360 g/mol. The number of hydrogen-bond donors (Lipinski definition) is 2. The summed E-state index contributed by atoms with van der Waals surface area (Å²) in [6.45, 7) is 1.39. The van der Waals surface area contributed by atoms with Crippen LogP contribution in [-0.4, -0.2) is 28.1 Å². The standard InChI is InChI=1S/C14H15ClF2N4OS/c1-7-3-13(4-9(19-7)10-5-18-21-20-10)12-8(2-11(15)23-12)14(16,17)6-22-13/h2,5,7,9,19H,3-4,6H2,1H3,(H,18,20,21)/t7-,9-,13-/m0/s1. The number of aromatic amines is 1. The first-order valence-corrected chi connectivity index (χ1v) is 8.53. The number of fused-ring (bicyclic) bond motifs is 2. The minimum atomic E-state index is -3.00. The van der Waals surface area contributed by atoms with Gasteiger partial charge in [0.05, 0.1) is 22.3 Å². The van der Waals surface area contributed by atoms with Gasteiger partial charge in [-0.25, -0.2) is 0 Å². The Balaban J connectivity index is 1.77. The largest absolute Gasteiger partial charge is 0.363 e. The van der Waals surface area contributed by atoms with Crippen LogP contribution in [0.2, 0.25) is 4.34 Å². The second kappa shape index (κ2) is 5.20. The molecule has 3 atom stereocenters. The van der Waals surface area contributed by atoms with Crippen LogP contribution in [0.4, 0.5) is 8.78 Å². The molecule has 5 nitrogen and oxygen atoms in total. The molecule has 1 spiro atoms. The van der Waals surface area contributed by atoms with Crippen LogP contribution in [-0.2, 0) is 16.3 Å². The number of rotatable bonds is 1. The van der Waals surface area contributed by atoms with Crippen LogP contribution in [0.5, 0.6) is 0 Å². The second-order valence-corrected chi connectivity index (χ2v) is 7.89. The van der Waals surface area contributed by atoms with Gasteiger partial charge in [-0.05, 0) is 19.4 Å². The first kappa shape index (κ1) is 15.4. The van der Waals surface area contributed by atoms with Crippen LogP contribution in [0.1, 0.15) is 41.9 Å². The molecule has 2 aliphatic rings. The van der Waals surface area contributed by atoms with Gasteiger partial charge < -0.3 is 10.1 Å². The normalized spacial score (nSPS) is 32.9. The van der Waals surface area contributed by atoms with E-state index >= 15 is 0 Å². The van der Waals surface area contributed by atoms with Gasteiger partial charge in [0, 0.05) is 22.9 Å². The first-order chi connectivity index (χ1) is 10.9. The van der Waals surface area contributed by atoms with Crippen molar-refractivity contribution in [2.45, 2.75) is 43.4 Å². The number of aromatic nitrogens is 3. The fourth-order valence-electron chi connectivity index (χ4n) is 3.58. The molecule has 9 heteroatoms. The number of H-pyrrole nitrogens is 1. The lowest BCUT2D eigenvalue weighted by Gasteiger charge is -2.46. The van der Waals surface area contributed by atoms with Crippen molar-refractivity contribution < 1.29 is 13.5 Å². The predicted octanol–water partition coefficient (Wildman–Crippen LogP) is 3.35. The van der Waals surface area contributed by atoms with Crippen LogP contribution in [0.15, 0.2) is 12.3 Å². The lowest BCUT2D eigenvalue weighted by Crippen LogP contribution is -2.51. The summed E-state index contributed by atoms with van der Waals surface area (Å²) in [6.07, 6.45) is 2.77. The molecule has 4 rings (SSSR count). The molecule has 0 aliphatic carbocycles. The van der Waals surface area contributed by atoms with Crippen LogP contribution < -0.4 is 5.32 Å². The van der Waals surface area contributed by atoms with Gasteiger partial charge >= 0.3 is 0 Å². The molecular weight excluding hydrogens is 346 g/mol. The maximum absolute atomic E-state index is 14.2. The third kappa shape index (κ3) is 2.48. The number of thiophene rings is 1. The van der Waals surface area contributed by atoms with Crippen molar-refractivity contribution in [2.75, 3.05) is 6.61 Å². The molecule has 0 aromatic carbocycles. The Hall–Kier alpha value is -1.09. The Kier molecular flexibility index (Phi) is 3.49. The molecule has 0 unspecified atom stereocenters. The Labute approximate surface area is 140 Å². The van der Waals surface area contributed by atoms with E-state index in [2.05, 4.69) is 20.7 Å². The molecule has 2 aliphatic heterocycles. The molecule has 4 heterocycles. The molecule has 1 saturated heterocycles. The van der Waals surface area contributed by atoms with Gasteiger partial charge in [-0.15, -0.1) is 11.3 Å². The molecule has 2 aromatic rings. The SMILES string of the molecule is C[C@H]1C[C@@]2(C[C@@H](c3cn[nH]n3)N1)OCC(F)(F)c1cc(Cl)sc12. The van der Waals surface area contributed by atoms with Crippen molar-refractivity contribution in [3.8, 4) is 0 Å². The van der Waals surface area contributed by atoms with Gasteiger partial charge in [0.25, 0.3) is 5.92 Å². The number of nitrogens with zero attached hydrogens (tertiary/aromatic N) is 2. The summed E-state index contributed by atoms with van der Waals surface area (Å²) in [7, 11) is 0. The smallest absolute Gasteiger partial charge is 0.297 e. The number of ether oxygens (including phenoxy) is 1. The van der Waals surface area contributed by atoms with Crippen LogP contribution >= 0.6 is 22.9 Å². The lowest BCUT2D eigenvalue weighted by atomic mass is 9.78. The zero-order valence-corrected chi connectivity index (χ0v) is 13.8. The molecule has 124 valence electrons. The summed E-state index contributed by atoms with van der Waals surface area (Å²) >= 11 is 7.23. The van der Waals surface area contributed by atoms with E-state index in [-0.39, 0.29) is 17.6 Å². The highest BCUT2D eigenvalue weighted by Gasteiger charge is 2.53. The predicted molar refractivity (Wildman–Crippen MR) is 81.8 cm³/mol. The highest BCUT2D eigenvalue weighted by atomic mass is 35.5. The third-order valence-corrected chi connectivity index (χ3v) is 5.94. The Morgan fingerprint density at radius 3 is 3.00 bits per heavy atom. The van der Waals surface area contributed by atoms with Crippen molar-refractivity contribution in [1.29, 1.82) is 0 Å². The summed E-state index contributed by atoms with van der Waals surface area (Å²) in [5.74, 6) is -3.00. The summed E-state index contributed by atoms with van der Waals surface area (Å²) in [6, 6.07) is 1.35. The van der Waals surface area contributed by atoms with E-state index in [1.54, 1.807) is 6.20 Å². The van der Waals surface area contributed by atoms with Gasteiger partial charge in [-0.3, -0.25) is 0 Å². The van der Waals surface area contributed by atoms with Crippen molar-refractivity contribution in [1.82, 2.24) is 20.7 Å². The Morgan fingerprint density at radius 1 is 1.43 bits per heavy atom. The summed E-state index contributed by atoms with van der Waals surface area (Å²) < 4.78 is 34.5. The van der Waals surface area contributed by atoms with Gasteiger partial charge in [-0.1, -0.05) is 11.6 Å². The highest BCUT2D eigenvalue weighted by Crippen LogP contribution is 2.54. The van der Waals surface area contributed by atoms with Crippen molar-refractivity contribution >= 4 is 22.9 Å². The topological polar surface area (TPSA) is 62.8 Å². The zero-order valence-electron chi connectivity index (χ0n) is 12.3. The van der Waals surface area contributed by atoms with Crippen molar-refractivity contribution in [2.24, 2.45) is 0 Å². The Morgan fingerprint density at radius 2 is 2.26 bits per heavy atom. The first-order valence-electron chi connectivity index (χ1n) is 7.33. The minimum absolute atomic E-state index is 0.00625. The third-order valence-electron chi connectivity index (χ3n) is 4.49. The average molecular weight is 361 g/mol. The van der Waals surface area contributed by atoms with Gasteiger partial charge in [0.1, 0.15) is 12.2 Å². The van der Waals surface area contributed by atoms with E-state index in [1.807, 2.05) is 6.92 Å². The summed E-state index contributed by atoms with van der Waals surface area (Å²) in [4.78, 5) is 0.542. The number of nitrogens with one attached hydrogen (secondary N) is 2. The molecule has 1 fully saturated rings. The van der Waals surface area contributed by atoms with Gasteiger partial charge in [0.2, 0.25) is 0 Å². The zero-order chi connectivity index (χ0) is 16.2. The number of halogens is 3. The maximum Gasteiger partial charge on any atom is 0.297 e. The van der Waals surface area contributed by atoms with E-state index < -0.39 is 18.1 Å². The second-order valence-electron chi connectivity index (χ2n) is 6.20. The fourth-order valence-corrected chi connectivity index (χ4v) is 5.03. The molecule has 2 N–H and O–H groups in total. The van der Waals surface area contributed by atoms with E-state index in [4.69, 9.17) is 16.3 Å². The van der Waals surface area contributed by atoms with E-state index in [0.717, 1.165) is 5.69 Å². The number of alkyl halides is 2. The van der Waals surface area contributed by atoms with Gasteiger partial charge in [-0.2, -0.15) is 24.2 Å². The average Bonchev–Trinajstić information content (AvgIpc) is 3.13. The Bertz CT molecular complexity index is 722. The quantitative estimate of drug-likeness (QED) is 0.818. The molecule has 2 aromatic heterocycles. The molecule has 0 amide bonds. The molecule has 0 bridgehead atoms. The number of hydrogen-bond acceptors (Lipinski definition) is 5. The van der Waals surface area contributed by atoms with Gasteiger partial charge in [0.15, 0.2) is 0 Å². The lowest BCUT2D eigenvalue weighted by molar-refractivity contribution is -0.183. The van der Waals surface area contributed by atoms with Crippen LogP contribution in [0.3, 0.4) is 0 Å². The highest BCUT2D eigenvalue weighted by molar-refractivity contribution is 7.16. The van der Waals surface area contributed by atoms with Crippen LogP contribution in [0, 0.1) is 0 Å². The summed E-state index contributed by atoms with van der Waals surface area (Å²) in [5, 5.41) is 14.0. The van der Waals surface area contributed by atoms with E-state index in [1.165, 1.54) is 17.4 Å². The van der Waals surface area contributed by atoms with Crippen LogP contribution in [0.25, 0.3) is 0 Å².